The van der Waals surface area contributed by atoms with Gasteiger partial charge in [0.05, 0.1) is 6.10 Å². The minimum atomic E-state index is -0.254. The quantitative estimate of drug-likeness (QED) is 0.844. The summed E-state index contributed by atoms with van der Waals surface area (Å²) in [5.74, 6) is 0.288. The predicted molar refractivity (Wildman–Crippen MR) is 80.6 cm³/mol. The molecule has 2 heterocycles. The van der Waals surface area contributed by atoms with Gasteiger partial charge in [-0.2, -0.15) is 0 Å². The number of piperidine rings is 1. The predicted octanol–water partition coefficient (Wildman–Crippen LogP) is 2.18. The SMILES string of the molecule is CC1CC(NC2CCN(C(=O)C(C)(C)C)CC2)CCO1. The molecule has 2 fully saturated rings. The maximum Gasteiger partial charge on any atom is 0.227 e. The lowest BCUT2D eigenvalue weighted by Gasteiger charge is -2.38. The number of likely N-dealkylation sites (tertiary alicyclic amines) is 1. The van der Waals surface area contributed by atoms with E-state index >= 15 is 0 Å². The van der Waals surface area contributed by atoms with Crippen molar-refractivity contribution >= 4 is 5.91 Å². The summed E-state index contributed by atoms with van der Waals surface area (Å²) >= 11 is 0. The molecule has 4 heteroatoms. The van der Waals surface area contributed by atoms with Crippen LogP contribution in [0.25, 0.3) is 0 Å². The fourth-order valence-corrected chi connectivity index (χ4v) is 3.21. The van der Waals surface area contributed by atoms with Gasteiger partial charge in [0.1, 0.15) is 0 Å². The molecule has 0 saturated carbocycles. The van der Waals surface area contributed by atoms with Crippen molar-refractivity contribution in [3.05, 3.63) is 0 Å². The second-order valence-corrected chi connectivity index (χ2v) is 7.39. The number of carbonyl (C=O) groups is 1. The molecule has 2 unspecified atom stereocenters. The average Bonchev–Trinajstić information content (AvgIpc) is 2.38. The lowest BCUT2D eigenvalue weighted by atomic mass is 9.92. The Morgan fingerprint density at radius 2 is 1.80 bits per heavy atom. The van der Waals surface area contributed by atoms with Crippen LogP contribution in [0.3, 0.4) is 0 Å². The number of rotatable bonds is 2. The van der Waals surface area contributed by atoms with E-state index in [2.05, 4.69) is 12.2 Å². The Morgan fingerprint density at radius 1 is 1.15 bits per heavy atom. The fraction of sp³-hybridized carbons (Fsp3) is 0.938. The van der Waals surface area contributed by atoms with Crippen LogP contribution in [0.4, 0.5) is 0 Å². The van der Waals surface area contributed by atoms with Crippen molar-refractivity contribution in [3.8, 4) is 0 Å². The number of ether oxygens (including phenoxy) is 1. The lowest BCUT2D eigenvalue weighted by Crippen LogP contribution is -2.51. The number of nitrogens with zero attached hydrogens (tertiary/aromatic N) is 1. The van der Waals surface area contributed by atoms with Gasteiger partial charge >= 0.3 is 0 Å². The van der Waals surface area contributed by atoms with Gasteiger partial charge in [-0.3, -0.25) is 4.79 Å². The van der Waals surface area contributed by atoms with Crippen molar-refractivity contribution in [2.75, 3.05) is 19.7 Å². The molecule has 0 radical (unpaired) electrons. The van der Waals surface area contributed by atoms with Crippen LogP contribution >= 0.6 is 0 Å². The van der Waals surface area contributed by atoms with E-state index < -0.39 is 0 Å². The first-order valence-electron chi connectivity index (χ1n) is 8.03. The third kappa shape index (κ3) is 4.19. The highest BCUT2D eigenvalue weighted by atomic mass is 16.5. The lowest BCUT2D eigenvalue weighted by molar-refractivity contribution is -0.140. The summed E-state index contributed by atoms with van der Waals surface area (Å²) in [6.07, 6.45) is 4.76. The van der Waals surface area contributed by atoms with E-state index in [0.29, 0.717) is 18.2 Å². The van der Waals surface area contributed by atoms with Gasteiger partial charge in [-0.25, -0.2) is 0 Å². The molecule has 2 aliphatic rings. The molecule has 0 aromatic rings. The molecule has 1 N–H and O–H groups in total. The fourth-order valence-electron chi connectivity index (χ4n) is 3.21. The van der Waals surface area contributed by atoms with Gasteiger partial charge in [-0.15, -0.1) is 0 Å². The van der Waals surface area contributed by atoms with Gasteiger partial charge in [0.25, 0.3) is 0 Å². The number of carbonyl (C=O) groups excluding carboxylic acids is 1. The van der Waals surface area contributed by atoms with Crippen molar-refractivity contribution < 1.29 is 9.53 Å². The highest BCUT2D eigenvalue weighted by Crippen LogP contribution is 2.22. The van der Waals surface area contributed by atoms with Gasteiger partial charge in [0, 0.05) is 37.2 Å². The normalized spacial score (nSPS) is 29.5. The highest BCUT2D eigenvalue weighted by Gasteiger charge is 2.31. The van der Waals surface area contributed by atoms with Crippen molar-refractivity contribution in [2.45, 2.75) is 71.6 Å². The van der Waals surface area contributed by atoms with E-state index in [9.17, 15) is 4.79 Å². The molecule has 2 saturated heterocycles. The van der Waals surface area contributed by atoms with Crippen LogP contribution in [0.5, 0.6) is 0 Å². The smallest absolute Gasteiger partial charge is 0.227 e. The van der Waals surface area contributed by atoms with Gasteiger partial charge in [0.2, 0.25) is 5.91 Å². The van der Waals surface area contributed by atoms with Crippen LogP contribution in [0, 0.1) is 5.41 Å². The molecule has 2 rings (SSSR count). The Labute approximate surface area is 123 Å². The number of amides is 1. The molecule has 0 aliphatic carbocycles. The number of hydrogen-bond donors (Lipinski definition) is 1. The third-order valence-electron chi connectivity index (χ3n) is 4.38. The Kier molecular flexibility index (Phi) is 5.08. The summed E-state index contributed by atoms with van der Waals surface area (Å²) in [5, 5.41) is 3.77. The molecule has 116 valence electrons. The molecule has 0 spiro atoms. The molecule has 0 bridgehead atoms. The Bertz CT molecular complexity index is 330. The van der Waals surface area contributed by atoms with Crippen LogP contribution in [-0.4, -0.2) is 48.7 Å². The van der Waals surface area contributed by atoms with E-state index in [-0.39, 0.29) is 11.3 Å². The second-order valence-electron chi connectivity index (χ2n) is 7.39. The largest absolute Gasteiger partial charge is 0.378 e. The van der Waals surface area contributed by atoms with Gasteiger partial charge < -0.3 is 15.0 Å². The minimum Gasteiger partial charge on any atom is -0.378 e. The van der Waals surface area contributed by atoms with E-state index in [0.717, 1.165) is 45.4 Å². The summed E-state index contributed by atoms with van der Waals surface area (Å²) < 4.78 is 5.59. The van der Waals surface area contributed by atoms with Crippen molar-refractivity contribution in [1.82, 2.24) is 10.2 Å². The van der Waals surface area contributed by atoms with Gasteiger partial charge in [-0.1, -0.05) is 20.8 Å². The average molecular weight is 282 g/mol. The van der Waals surface area contributed by atoms with E-state index in [4.69, 9.17) is 4.74 Å². The number of hydrogen-bond acceptors (Lipinski definition) is 3. The number of nitrogens with one attached hydrogen (secondary N) is 1. The molecular formula is C16H30N2O2. The van der Waals surface area contributed by atoms with Crippen LogP contribution < -0.4 is 5.32 Å². The van der Waals surface area contributed by atoms with Crippen LogP contribution in [-0.2, 0) is 9.53 Å². The van der Waals surface area contributed by atoms with Crippen molar-refractivity contribution in [2.24, 2.45) is 5.41 Å². The van der Waals surface area contributed by atoms with Gasteiger partial charge in [-0.05, 0) is 32.6 Å². The standard InChI is InChI=1S/C16H30N2O2/c1-12-11-14(7-10-20-12)17-13-5-8-18(9-6-13)15(19)16(2,3)4/h12-14,17H,5-11H2,1-4H3. The van der Waals surface area contributed by atoms with Crippen molar-refractivity contribution in [1.29, 1.82) is 0 Å². The summed E-state index contributed by atoms with van der Waals surface area (Å²) in [6, 6.07) is 1.16. The third-order valence-corrected chi connectivity index (χ3v) is 4.38. The van der Waals surface area contributed by atoms with Crippen LogP contribution in [0.1, 0.15) is 53.4 Å². The first kappa shape index (κ1) is 15.8. The monoisotopic (exact) mass is 282 g/mol. The van der Waals surface area contributed by atoms with Gasteiger partial charge in [0.15, 0.2) is 0 Å². The summed E-state index contributed by atoms with van der Waals surface area (Å²) in [4.78, 5) is 14.3. The van der Waals surface area contributed by atoms with Crippen LogP contribution in [0.15, 0.2) is 0 Å². The van der Waals surface area contributed by atoms with Crippen LogP contribution in [0.2, 0.25) is 0 Å². The zero-order valence-corrected chi connectivity index (χ0v) is 13.4. The topological polar surface area (TPSA) is 41.6 Å². The van der Waals surface area contributed by atoms with E-state index in [1.165, 1.54) is 0 Å². The minimum absolute atomic E-state index is 0.254. The van der Waals surface area contributed by atoms with Crippen molar-refractivity contribution in [3.63, 3.8) is 0 Å². The molecule has 2 atom stereocenters. The Hall–Kier alpha value is -0.610. The molecule has 0 aromatic carbocycles. The van der Waals surface area contributed by atoms with E-state index in [1.807, 2.05) is 25.7 Å². The summed E-state index contributed by atoms with van der Waals surface area (Å²) in [7, 11) is 0. The Morgan fingerprint density at radius 3 is 2.35 bits per heavy atom. The molecular weight excluding hydrogens is 252 g/mol. The maximum atomic E-state index is 12.2. The first-order chi connectivity index (χ1) is 9.36. The Balaban J connectivity index is 1.75. The molecule has 0 aromatic heterocycles. The first-order valence-corrected chi connectivity index (χ1v) is 8.03. The summed E-state index contributed by atoms with van der Waals surface area (Å²) in [6.45, 7) is 10.8. The molecule has 20 heavy (non-hydrogen) atoms. The molecule has 1 amide bonds. The second kappa shape index (κ2) is 6.44. The van der Waals surface area contributed by atoms with E-state index in [1.54, 1.807) is 0 Å². The zero-order chi connectivity index (χ0) is 14.8. The zero-order valence-electron chi connectivity index (χ0n) is 13.4. The maximum absolute atomic E-state index is 12.2. The summed E-state index contributed by atoms with van der Waals surface area (Å²) in [5.41, 5.74) is -0.254. The molecule has 4 nitrogen and oxygen atoms in total. The highest BCUT2D eigenvalue weighted by molar-refractivity contribution is 5.81. The molecule has 2 aliphatic heterocycles.